The largest absolute Gasteiger partial charge is 0.385 e. The smallest absolute Gasteiger partial charge is 0.0899 e. The van der Waals surface area contributed by atoms with Gasteiger partial charge in [0.25, 0.3) is 0 Å². The molecule has 0 saturated heterocycles. The summed E-state index contributed by atoms with van der Waals surface area (Å²) in [5.41, 5.74) is 2.02. The first-order chi connectivity index (χ1) is 8.71. The summed E-state index contributed by atoms with van der Waals surface area (Å²) in [4.78, 5) is 0. The number of benzene rings is 1. The molecule has 1 aromatic rings. The van der Waals surface area contributed by atoms with Crippen LogP contribution in [0, 0.1) is 0 Å². The predicted molar refractivity (Wildman–Crippen MR) is 76.7 cm³/mol. The summed E-state index contributed by atoms with van der Waals surface area (Å²) in [5, 5.41) is 11.0. The van der Waals surface area contributed by atoms with Crippen LogP contribution in [0.3, 0.4) is 0 Å². The zero-order chi connectivity index (χ0) is 13.0. The molecular weight excluding hydrogens is 220 g/mol. The molecule has 0 radical (unpaired) electrons. The lowest BCUT2D eigenvalue weighted by atomic mass is 9.73. The Morgan fingerprint density at radius 3 is 2.22 bits per heavy atom. The quantitative estimate of drug-likeness (QED) is 0.768. The van der Waals surface area contributed by atoms with Crippen LogP contribution in [0.2, 0.25) is 0 Å². The molecule has 100 valence electrons. The third kappa shape index (κ3) is 2.61. The summed E-state index contributed by atoms with van der Waals surface area (Å²) in [6.45, 7) is 4.32. The second-order valence-electron chi connectivity index (χ2n) is 5.75. The first kappa shape index (κ1) is 13.6. The first-order valence-electron chi connectivity index (χ1n) is 7.53. The lowest BCUT2D eigenvalue weighted by Gasteiger charge is -2.35. The molecule has 1 fully saturated rings. The Labute approximate surface area is 111 Å². The van der Waals surface area contributed by atoms with Crippen LogP contribution in [0.1, 0.15) is 75.8 Å². The number of aliphatic hydroxyl groups is 1. The van der Waals surface area contributed by atoms with Gasteiger partial charge in [-0.25, -0.2) is 0 Å². The van der Waals surface area contributed by atoms with Gasteiger partial charge in [-0.05, 0) is 42.7 Å². The van der Waals surface area contributed by atoms with Crippen LogP contribution in [0.25, 0.3) is 0 Å². The third-order valence-corrected chi connectivity index (χ3v) is 4.33. The van der Waals surface area contributed by atoms with Crippen LogP contribution in [0.5, 0.6) is 0 Å². The van der Waals surface area contributed by atoms with Crippen molar-refractivity contribution in [2.75, 3.05) is 0 Å². The van der Waals surface area contributed by atoms with Crippen LogP contribution < -0.4 is 0 Å². The molecule has 0 atom stereocenters. The Hall–Kier alpha value is -0.820. The summed E-state index contributed by atoms with van der Waals surface area (Å²) < 4.78 is 0. The summed E-state index contributed by atoms with van der Waals surface area (Å²) in [7, 11) is 0. The maximum atomic E-state index is 11.0. The van der Waals surface area contributed by atoms with E-state index in [1.54, 1.807) is 0 Å². The Bertz CT molecular complexity index is 373. The van der Waals surface area contributed by atoms with E-state index in [1.807, 2.05) is 0 Å². The molecule has 0 aromatic heterocycles. The highest BCUT2D eigenvalue weighted by Crippen LogP contribution is 2.43. The zero-order valence-electron chi connectivity index (χ0n) is 11.8. The Morgan fingerprint density at radius 1 is 1.11 bits per heavy atom. The van der Waals surface area contributed by atoms with Crippen LogP contribution in [0.4, 0.5) is 0 Å². The van der Waals surface area contributed by atoms with Crippen molar-refractivity contribution in [3.63, 3.8) is 0 Å². The fourth-order valence-electron chi connectivity index (χ4n) is 3.22. The van der Waals surface area contributed by atoms with E-state index in [2.05, 4.69) is 38.1 Å². The normalized spacial score (nSPS) is 16.6. The van der Waals surface area contributed by atoms with E-state index >= 15 is 0 Å². The summed E-state index contributed by atoms with van der Waals surface area (Å²) >= 11 is 0. The number of hydrogen-bond donors (Lipinski definition) is 1. The van der Waals surface area contributed by atoms with E-state index in [0.717, 1.165) is 25.7 Å². The molecule has 0 aliphatic heterocycles. The minimum absolute atomic E-state index is 0.602. The van der Waals surface area contributed by atoms with Gasteiger partial charge in [0.2, 0.25) is 0 Å². The van der Waals surface area contributed by atoms with E-state index in [0.29, 0.717) is 5.92 Å². The van der Waals surface area contributed by atoms with E-state index < -0.39 is 5.60 Å². The van der Waals surface area contributed by atoms with Gasteiger partial charge in [0, 0.05) is 0 Å². The molecule has 1 heteroatoms. The second-order valence-corrected chi connectivity index (χ2v) is 5.75. The van der Waals surface area contributed by atoms with Crippen molar-refractivity contribution in [2.45, 2.75) is 70.3 Å². The van der Waals surface area contributed by atoms with Gasteiger partial charge in [0.15, 0.2) is 0 Å². The van der Waals surface area contributed by atoms with Crippen LogP contribution in [-0.4, -0.2) is 5.11 Å². The molecule has 2 rings (SSSR count). The lowest BCUT2D eigenvalue weighted by Crippen LogP contribution is -2.28. The maximum Gasteiger partial charge on any atom is 0.0899 e. The van der Waals surface area contributed by atoms with Gasteiger partial charge in [-0.3, -0.25) is 0 Å². The molecule has 0 amide bonds. The Balaban J connectivity index is 2.33. The van der Waals surface area contributed by atoms with Crippen molar-refractivity contribution in [3.8, 4) is 0 Å². The fourth-order valence-corrected chi connectivity index (χ4v) is 3.22. The zero-order valence-corrected chi connectivity index (χ0v) is 11.8. The molecular formula is C17H26O. The molecule has 1 aliphatic rings. The topological polar surface area (TPSA) is 20.2 Å². The number of rotatable bonds is 6. The molecule has 18 heavy (non-hydrogen) atoms. The summed E-state index contributed by atoms with van der Waals surface area (Å²) in [5.74, 6) is 0.696. The van der Waals surface area contributed by atoms with E-state index in [-0.39, 0.29) is 0 Å². The highest BCUT2D eigenvalue weighted by Gasteiger charge is 2.32. The minimum Gasteiger partial charge on any atom is -0.385 e. The molecule has 0 unspecified atom stereocenters. The average Bonchev–Trinajstić information content (AvgIpc) is 2.28. The standard InChI is InChI=1S/C17H26O/c1-3-12-17(18,13-4-2)16-11-6-5-10-15(16)14-8-7-9-14/h5-6,10-11,14,18H,3-4,7-9,12-13H2,1-2H3. The predicted octanol–water partition coefficient (Wildman–Crippen LogP) is 4.74. The van der Waals surface area contributed by atoms with E-state index in [9.17, 15) is 5.11 Å². The minimum atomic E-state index is -0.602. The van der Waals surface area contributed by atoms with Crippen LogP contribution in [-0.2, 0) is 5.60 Å². The molecule has 1 nitrogen and oxygen atoms in total. The van der Waals surface area contributed by atoms with Crippen LogP contribution in [0.15, 0.2) is 24.3 Å². The van der Waals surface area contributed by atoms with E-state index in [1.165, 1.54) is 30.4 Å². The Kier molecular flexibility index (Phi) is 4.45. The summed E-state index contributed by atoms with van der Waals surface area (Å²) in [6, 6.07) is 8.58. The average molecular weight is 246 g/mol. The molecule has 0 spiro atoms. The van der Waals surface area contributed by atoms with Crippen molar-refractivity contribution in [2.24, 2.45) is 0 Å². The molecule has 1 aromatic carbocycles. The molecule has 1 aliphatic carbocycles. The molecule has 1 N–H and O–H groups in total. The van der Waals surface area contributed by atoms with Gasteiger partial charge in [-0.15, -0.1) is 0 Å². The summed E-state index contributed by atoms with van der Waals surface area (Å²) in [6.07, 6.45) is 7.77. The van der Waals surface area contributed by atoms with Crippen molar-refractivity contribution in [3.05, 3.63) is 35.4 Å². The van der Waals surface area contributed by atoms with Crippen molar-refractivity contribution in [1.82, 2.24) is 0 Å². The molecule has 0 bridgehead atoms. The van der Waals surface area contributed by atoms with Gasteiger partial charge in [0.05, 0.1) is 5.60 Å². The highest BCUT2D eigenvalue weighted by molar-refractivity contribution is 5.36. The molecule has 1 saturated carbocycles. The van der Waals surface area contributed by atoms with E-state index in [4.69, 9.17) is 0 Å². The fraction of sp³-hybridized carbons (Fsp3) is 0.647. The van der Waals surface area contributed by atoms with Crippen molar-refractivity contribution in [1.29, 1.82) is 0 Å². The van der Waals surface area contributed by atoms with Gasteiger partial charge >= 0.3 is 0 Å². The van der Waals surface area contributed by atoms with Gasteiger partial charge < -0.3 is 5.11 Å². The van der Waals surface area contributed by atoms with Crippen LogP contribution >= 0.6 is 0 Å². The van der Waals surface area contributed by atoms with Crippen molar-refractivity contribution < 1.29 is 5.11 Å². The Morgan fingerprint density at radius 2 is 1.72 bits per heavy atom. The SMILES string of the molecule is CCCC(O)(CCC)c1ccccc1C1CCC1. The first-order valence-corrected chi connectivity index (χ1v) is 7.53. The highest BCUT2D eigenvalue weighted by atomic mass is 16.3. The van der Waals surface area contributed by atoms with Gasteiger partial charge in [-0.2, -0.15) is 0 Å². The monoisotopic (exact) mass is 246 g/mol. The van der Waals surface area contributed by atoms with Crippen molar-refractivity contribution >= 4 is 0 Å². The molecule has 0 heterocycles. The second kappa shape index (κ2) is 5.88. The van der Waals surface area contributed by atoms with Gasteiger partial charge in [0.1, 0.15) is 0 Å². The third-order valence-electron chi connectivity index (χ3n) is 4.33. The maximum absolute atomic E-state index is 11.0. The number of hydrogen-bond acceptors (Lipinski definition) is 1. The van der Waals surface area contributed by atoms with Gasteiger partial charge in [-0.1, -0.05) is 57.4 Å². The lowest BCUT2D eigenvalue weighted by molar-refractivity contribution is 0.0154.